The number of anilines is 1. The van der Waals surface area contributed by atoms with E-state index in [1.807, 2.05) is 26.0 Å². The highest BCUT2D eigenvalue weighted by atomic mass is 16.5. The fourth-order valence-corrected chi connectivity index (χ4v) is 5.25. The Morgan fingerprint density at radius 1 is 1.24 bits per heavy atom. The summed E-state index contributed by atoms with van der Waals surface area (Å²) in [6.07, 6.45) is -0.380. The molecule has 3 heterocycles. The second kappa shape index (κ2) is 6.90. The fraction of sp³-hybridized carbons (Fsp3) is 0.571. The lowest BCUT2D eigenvalue weighted by Crippen LogP contribution is -2.54. The quantitative estimate of drug-likeness (QED) is 0.488. The molecule has 4 rings (SSSR count). The lowest BCUT2D eigenvalue weighted by Gasteiger charge is -2.30. The van der Waals surface area contributed by atoms with E-state index in [1.54, 1.807) is 14.0 Å². The fourth-order valence-electron chi connectivity index (χ4n) is 5.25. The monoisotopic (exact) mass is 401 g/mol. The summed E-state index contributed by atoms with van der Waals surface area (Å²) < 4.78 is 5.04. The van der Waals surface area contributed by atoms with Crippen molar-refractivity contribution in [2.45, 2.75) is 44.9 Å². The van der Waals surface area contributed by atoms with Gasteiger partial charge in [-0.25, -0.2) is 0 Å². The Balaban J connectivity index is 1.84. The maximum atomic E-state index is 13.4. The predicted molar refractivity (Wildman–Crippen MR) is 105 cm³/mol. The summed E-state index contributed by atoms with van der Waals surface area (Å²) >= 11 is 0. The number of rotatable bonds is 5. The Kier molecular flexibility index (Phi) is 4.76. The molecule has 0 bridgehead atoms. The Labute approximate surface area is 169 Å². The molecule has 156 valence electrons. The largest absolute Gasteiger partial charge is 0.392 e. The molecule has 3 aliphatic heterocycles. The van der Waals surface area contributed by atoms with Gasteiger partial charge in [0.1, 0.15) is 5.54 Å². The zero-order chi connectivity index (χ0) is 21.1. The van der Waals surface area contributed by atoms with Crippen molar-refractivity contribution in [3.63, 3.8) is 0 Å². The van der Waals surface area contributed by atoms with Crippen LogP contribution in [0, 0.1) is 25.7 Å². The number of hydrogen-bond donors (Lipinski definition) is 3. The third-order valence-electron chi connectivity index (χ3n) is 6.44. The number of methoxy groups -OCH3 is 1. The number of benzene rings is 1. The van der Waals surface area contributed by atoms with Crippen LogP contribution in [0.4, 0.5) is 5.69 Å². The summed E-state index contributed by atoms with van der Waals surface area (Å²) in [5, 5.41) is 16.5. The van der Waals surface area contributed by atoms with Gasteiger partial charge in [-0.3, -0.25) is 24.6 Å². The Hall–Kier alpha value is -2.29. The van der Waals surface area contributed by atoms with Gasteiger partial charge in [0.15, 0.2) is 0 Å². The van der Waals surface area contributed by atoms with Crippen molar-refractivity contribution >= 4 is 23.4 Å². The maximum Gasteiger partial charge on any atom is 0.250 e. The summed E-state index contributed by atoms with van der Waals surface area (Å²) in [6.45, 7) is 6.08. The number of fused-ring (bicyclic) bond motifs is 4. The molecule has 0 unspecified atom stereocenters. The number of aryl methyl sites for hydroxylation is 2. The number of nitrogens with zero attached hydrogens (tertiary/aromatic N) is 1. The molecule has 1 aromatic rings. The highest BCUT2D eigenvalue weighted by Gasteiger charge is 2.71. The van der Waals surface area contributed by atoms with E-state index in [2.05, 4.69) is 10.6 Å². The number of aliphatic hydroxyl groups excluding tert-OH is 1. The van der Waals surface area contributed by atoms with Gasteiger partial charge in [-0.15, -0.1) is 0 Å². The topological polar surface area (TPSA) is 108 Å². The molecule has 5 atom stereocenters. The number of carbonyl (C=O) groups is 3. The van der Waals surface area contributed by atoms with E-state index in [9.17, 15) is 19.5 Å². The van der Waals surface area contributed by atoms with E-state index >= 15 is 0 Å². The first-order valence-electron chi connectivity index (χ1n) is 9.97. The molecular formula is C21H27N3O5. The molecule has 0 radical (unpaired) electrons. The SMILES string of the molecule is COCCCN1C(=O)[C@@H]2[C@@H]([C@H](C)O)N[C@]3(C(=O)Nc4c(C)cc(C)cc43)[C@@H]2C1=O. The molecular weight excluding hydrogens is 374 g/mol. The zero-order valence-electron chi connectivity index (χ0n) is 17.1. The zero-order valence-corrected chi connectivity index (χ0v) is 17.1. The van der Waals surface area contributed by atoms with Crippen molar-refractivity contribution in [3.05, 3.63) is 28.8 Å². The van der Waals surface area contributed by atoms with Crippen LogP contribution in [0.25, 0.3) is 0 Å². The van der Waals surface area contributed by atoms with Crippen molar-refractivity contribution in [1.82, 2.24) is 10.2 Å². The van der Waals surface area contributed by atoms with Crippen molar-refractivity contribution in [3.8, 4) is 0 Å². The van der Waals surface area contributed by atoms with Gasteiger partial charge >= 0.3 is 0 Å². The summed E-state index contributed by atoms with van der Waals surface area (Å²) in [5.41, 5.74) is 1.86. The maximum absolute atomic E-state index is 13.4. The number of amides is 3. The number of nitrogens with one attached hydrogen (secondary N) is 2. The van der Waals surface area contributed by atoms with Crippen LogP contribution >= 0.6 is 0 Å². The van der Waals surface area contributed by atoms with Crippen molar-refractivity contribution in [2.75, 3.05) is 25.6 Å². The molecule has 8 nitrogen and oxygen atoms in total. The van der Waals surface area contributed by atoms with Gasteiger partial charge in [0.05, 0.1) is 17.9 Å². The van der Waals surface area contributed by atoms with E-state index in [1.165, 1.54) is 4.90 Å². The second-order valence-corrected chi connectivity index (χ2v) is 8.36. The third kappa shape index (κ3) is 2.66. The average Bonchev–Trinajstić information content (AvgIpc) is 3.24. The molecule has 1 aromatic carbocycles. The standard InChI is InChI=1S/C21H27N3O5/c1-10-8-11(2)16-13(9-10)21(20(28)22-16)15-14(17(23-21)12(3)25)18(26)24(19(15)27)6-5-7-29-4/h8-9,12,14-15,17,23,25H,5-7H2,1-4H3,(H,22,28)/t12-,14-,15-,17+,21-/m0/s1. The molecule has 2 fully saturated rings. The lowest BCUT2D eigenvalue weighted by molar-refractivity contribution is -0.143. The predicted octanol–water partition coefficient (Wildman–Crippen LogP) is 0.441. The normalized spacial score (nSPS) is 31.4. The summed E-state index contributed by atoms with van der Waals surface area (Å²) in [7, 11) is 1.56. The van der Waals surface area contributed by atoms with E-state index in [0.717, 1.165) is 11.1 Å². The van der Waals surface area contributed by atoms with Crippen molar-refractivity contribution < 1.29 is 24.2 Å². The van der Waals surface area contributed by atoms with Crippen LogP contribution in [0.5, 0.6) is 0 Å². The van der Waals surface area contributed by atoms with Crippen molar-refractivity contribution in [2.24, 2.45) is 11.8 Å². The van der Waals surface area contributed by atoms with Gasteiger partial charge < -0.3 is 15.2 Å². The summed E-state index contributed by atoms with van der Waals surface area (Å²) in [6, 6.07) is 3.16. The molecule has 1 spiro atoms. The number of imide groups is 1. The number of carbonyl (C=O) groups excluding carboxylic acids is 3. The van der Waals surface area contributed by atoms with Crippen LogP contribution < -0.4 is 10.6 Å². The smallest absolute Gasteiger partial charge is 0.250 e. The second-order valence-electron chi connectivity index (χ2n) is 8.36. The van der Waals surface area contributed by atoms with Gasteiger partial charge in [-0.1, -0.05) is 17.7 Å². The van der Waals surface area contributed by atoms with Crippen LogP contribution in [-0.2, 0) is 24.7 Å². The van der Waals surface area contributed by atoms with E-state index in [4.69, 9.17) is 4.74 Å². The molecule has 0 aliphatic carbocycles. The molecule has 0 saturated carbocycles. The van der Waals surface area contributed by atoms with Crippen LogP contribution in [0.2, 0.25) is 0 Å². The first-order valence-corrected chi connectivity index (χ1v) is 9.97. The van der Waals surface area contributed by atoms with Gasteiger partial charge in [-0.2, -0.15) is 0 Å². The van der Waals surface area contributed by atoms with E-state index < -0.39 is 29.5 Å². The minimum absolute atomic E-state index is 0.239. The molecule has 3 aliphatic rings. The van der Waals surface area contributed by atoms with Crippen LogP contribution in [-0.4, -0.2) is 60.1 Å². The molecule has 8 heteroatoms. The van der Waals surface area contributed by atoms with Crippen molar-refractivity contribution in [1.29, 1.82) is 0 Å². The molecule has 0 aromatic heterocycles. The molecule has 29 heavy (non-hydrogen) atoms. The molecule has 3 amide bonds. The first-order chi connectivity index (χ1) is 13.7. The van der Waals surface area contributed by atoms with Crippen LogP contribution in [0.1, 0.15) is 30.0 Å². The number of hydrogen-bond acceptors (Lipinski definition) is 6. The Morgan fingerprint density at radius 3 is 2.62 bits per heavy atom. The number of ether oxygens (including phenoxy) is 1. The minimum atomic E-state index is -1.36. The highest BCUT2D eigenvalue weighted by Crippen LogP contribution is 2.54. The lowest BCUT2D eigenvalue weighted by atomic mass is 9.75. The van der Waals surface area contributed by atoms with Gasteiger partial charge in [0.2, 0.25) is 17.7 Å². The van der Waals surface area contributed by atoms with Gasteiger partial charge in [0, 0.05) is 37.6 Å². The van der Waals surface area contributed by atoms with Crippen LogP contribution in [0.15, 0.2) is 12.1 Å². The van der Waals surface area contributed by atoms with E-state index in [0.29, 0.717) is 24.3 Å². The number of aliphatic hydroxyl groups is 1. The first kappa shape index (κ1) is 20.0. The number of likely N-dealkylation sites (tertiary alicyclic amines) is 1. The molecule has 2 saturated heterocycles. The summed E-state index contributed by atoms with van der Waals surface area (Å²) in [4.78, 5) is 41.1. The third-order valence-corrected chi connectivity index (χ3v) is 6.44. The Morgan fingerprint density at radius 2 is 1.97 bits per heavy atom. The van der Waals surface area contributed by atoms with Gasteiger partial charge in [-0.05, 0) is 32.8 Å². The Bertz CT molecular complexity index is 899. The average molecular weight is 401 g/mol. The van der Waals surface area contributed by atoms with E-state index in [-0.39, 0.29) is 24.3 Å². The highest BCUT2D eigenvalue weighted by molar-refractivity contribution is 6.15. The minimum Gasteiger partial charge on any atom is -0.392 e. The summed E-state index contributed by atoms with van der Waals surface area (Å²) in [5.74, 6) is -2.73. The van der Waals surface area contributed by atoms with Gasteiger partial charge in [0.25, 0.3) is 0 Å². The molecule has 3 N–H and O–H groups in total. The van der Waals surface area contributed by atoms with Crippen LogP contribution in [0.3, 0.4) is 0 Å².